The average Bonchev–Trinajstić information content (AvgIpc) is 3.50. The Labute approximate surface area is 268 Å². The Balaban J connectivity index is 1.23. The quantitative estimate of drug-likeness (QED) is 0.181. The van der Waals surface area contributed by atoms with Crippen LogP contribution >= 0.6 is 11.3 Å². The van der Waals surface area contributed by atoms with E-state index in [0.29, 0.717) is 0 Å². The Bertz CT molecular complexity index is 2170. The first kappa shape index (κ1) is 27.1. The number of nitrogens with one attached hydrogen (secondary N) is 1. The first-order valence-electron chi connectivity index (χ1n) is 15.4. The first-order valence-corrected chi connectivity index (χ1v) is 16.2. The molecule has 0 aliphatic carbocycles. The second-order valence-corrected chi connectivity index (χ2v) is 12.5. The van der Waals surface area contributed by atoms with E-state index in [9.17, 15) is 0 Å². The van der Waals surface area contributed by atoms with Crippen LogP contribution in [0.3, 0.4) is 0 Å². The van der Waals surface area contributed by atoms with E-state index in [1.165, 1.54) is 59.1 Å². The second kappa shape index (κ2) is 11.9. The number of rotatable bonds is 7. The summed E-state index contributed by atoms with van der Waals surface area (Å²) in [6.45, 7) is 0. The van der Waals surface area contributed by atoms with Crippen LogP contribution in [0.25, 0.3) is 42.4 Å². The molecule has 0 saturated carbocycles. The molecule has 7 aromatic carbocycles. The van der Waals surface area contributed by atoms with Crippen LogP contribution < -0.4 is 5.32 Å². The van der Waals surface area contributed by atoms with Crippen molar-refractivity contribution in [3.8, 4) is 22.3 Å². The molecule has 0 radical (unpaired) electrons. The van der Waals surface area contributed by atoms with Crippen molar-refractivity contribution in [3.05, 3.63) is 193 Å². The van der Waals surface area contributed by atoms with Crippen LogP contribution in [-0.2, 0) is 0 Å². The molecular weight excluding hydrogens is 563 g/mol. The van der Waals surface area contributed by atoms with E-state index in [4.69, 9.17) is 0 Å². The van der Waals surface area contributed by atoms with E-state index >= 15 is 0 Å². The minimum absolute atomic E-state index is 0.0548. The Hall–Kier alpha value is -5.44. The molecule has 1 N–H and O–H groups in total. The van der Waals surface area contributed by atoms with E-state index < -0.39 is 0 Å². The highest BCUT2D eigenvalue weighted by Crippen LogP contribution is 2.40. The molecule has 8 rings (SSSR count). The van der Waals surface area contributed by atoms with Crippen molar-refractivity contribution in [2.24, 2.45) is 0 Å². The van der Waals surface area contributed by atoms with Crippen molar-refractivity contribution in [1.29, 1.82) is 0 Å². The summed E-state index contributed by atoms with van der Waals surface area (Å²) in [5, 5.41) is 6.40. The largest absolute Gasteiger partial charge is 0.354 e. The van der Waals surface area contributed by atoms with Gasteiger partial charge in [-0.3, -0.25) is 0 Å². The van der Waals surface area contributed by atoms with Crippen LogP contribution in [0.15, 0.2) is 176 Å². The number of hydrogen-bond donors (Lipinski definition) is 1. The zero-order chi connectivity index (χ0) is 30.0. The lowest BCUT2D eigenvalue weighted by atomic mass is 9.83. The fourth-order valence-electron chi connectivity index (χ4n) is 6.43. The summed E-state index contributed by atoms with van der Waals surface area (Å²) in [6, 6.07) is 63.5. The maximum atomic E-state index is 3.79. The maximum absolute atomic E-state index is 3.79. The lowest BCUT2D eigenvalue weighted by molar-refractivity contribution is 0.979. The van der Waals surface area contributed by atoms with Gasteiger partial charge in [-0.25, -0.2) is 0 Å². The summed E-state index contributed by atoms with van der Waals surface area (Å²) in [5.41, 5.74) is 10.9. The van der Waals surface area contributed by atoms with Gasteiger partial charge in [0.1, 0.15) is 0 Å². The molecule has 45 heavy (non-hydrogen) atoms. The topological polar surface area (TPSA) is 12.0 Å². The molecule has 1 heterocycles. The van der Waals surface area contributed by atoms with Crippen molar-refractivity contribution in [3.63, 3.8) is 0 Å². The lowest BCUT2D eigenvalue weighted by Crippen LogP contribution is -2.05. The molecule has 0 amide bonds. The molecule has 214 valence electrons. The van der Waals surface area contributed by atoms with Crippen molar-refractivity contribution in [1.82, 2.24) is 0 Å². The third-order valence-electron chi connectivity index (χ3n) is 8.56. The average molecular weight is 594 g/mol. The predicted octanol–water partition coefficient (Wildman–Crippen LogP) is 12.3. The van der Waals surface area contributed by atoms with Gasteiger partial charge >= 0.3 is 0 Å². The Morgan fingerprint density at radius 3 is 1.58 bits per heavy atom. The second-order valence-electron chi connectivity index (χ2n) is 11.4. The SMILES string of the molecule is c1ccc(-c2cccc(C(c3cccc(Nc4cccc5c4sc4ccccc45)c3)c3cccc(-c4ccccc4)c3)c2)cc1. The number of thiophene rings is 1. The molecule has 8 aromatic rings. The molecule has 0 fully saturated rings. The molecule has 2 heteroatoms. The van der Waals surface area contributed by atoms with E-state index in [1.54, 1.807) is 0 Å². The van der Waals surface area contributed by atoms with Gasteiger partial charge in [0.25, 0.3) is 0 Å². The number of benzene rings is 7. The first-order chi connectivity index (χ1) is 22.3. The number of hydrogen-bond acceptors (Lipinski definition) is 2. The normalized spacial score (nSPS) is 11.3. The van der Waals surface area contributed by atoms with Crippen LogP contribution in [0.1, 0.15) is 22.6 Å². The minimum Gasteiger partial charge on any atom is -0.354 e. The molecule has 0 aliphatic rings. The highest BCUT2D eigenvalue weighted by Gasteiger charge is 2.19. The monoisotopic (exact) mass is 593 g/mol. The van der Waals surface area contributed by atoms with E-state index in [2.05, 4.69) is 181 Å². The van der Waals surface area contributed by atoms with Crippen LogP contribution in [-0.4, -0.2) is 0 Å². The molecule has 1 aromatic heterocycles. The zero-order valence-corrected chi connectivity index (χ0v) is 25.5. The van der Waals surface area contributed by atoms with Gasteiger partial charge in [0.15, 0.2) is 0 Å². The van der Waals surface area contributed by atoms with Crippen molar-refractivity contribution in [2.45, 2.75) is 5.92 Å². The molecule has 0 saturated heterocycles. The minimum atomic E-state index is 0.0548. The summed E-state index contributed by atoms with van der Waals surface area (Å²) in [5.74, 6) is 0.0548. The fraction of sp³-hybridized carbons (Fsp3) is 0.0233. The van der Waals surface area contributed by atoms with Crippen LogP contribution in [0.5, 0.6) is 0 Å². The van der Waals surface area contributed by atoms with Crippen LogP contribution in [0, 0.1) is 0 Å². The van der Waals surface area contributed by atoms with Crippen molar-refractivity contribution < 1.29 is 0 Å². The summed E-state index contributed by atoms with van der Waals surface area (Å²) in [6.07, 6.45) is 0. The Morgan fingerprint density at radius 2 is 0.911 bits per heavy atom. The van der Waals surface area contributed by atoms with Gasteiger partial charge in [-0.05, 0) is 63.2 Å². The molecule has 0 spiro atoms. The molecular formula is C43H31NS. The van der Waals surface area contributed by atoms with Crippen molar-refractivity contribution >= 4 is 42.9 Å². The standard InChI is InChI=1S/C43H31NS/c1-3-13-30(14-4-1)32-17-9-19-34(27-32)42(35-20-10-18-33(28-35)31-15-5-2-6-16-31)36-21-11-22-37(29-36)44-40-25-12-24-39-38-23-7-8-26-41(38)45-43(39)40/h1-29,42,44H. The van der Waals surface area contributed by atoms with Crippen LogP contribution in [0.2, 0.25) is 0 Å². The third kappa shape index (κ3) is 5.42. The number of anilines is 2. The maximum Gasteiger partial charge on any atom is 0.0590 e. The summed E-state index contributed by atoms with van der Waals surface area (Å²) in [7, 11) is 0. The van der Waals surface area contributed by atoms with E-state index in [-0.39, 0.29) is 5.92 Å². The predicted molar refractivity (Wildman–Crippen MR) is 194 cm³/mol. The molecule has 0 bridgehead atoms. The zero-order valence-electron chi connectivity index (χ0n) is 24.7. The smallest absolute Gasteiger partial charge is 0.0590 e. The lowest BCUT2D eigenvalue weighted by Gasteiger charge is -2.22. The van der Waals surface area contributed by atoms with Gasteiger partial charge in [0.05, 0.1) is 10.4 Å². The summed E-state index contributed by atoms with van der Waals surface area (Å²) >= 11 is 1.85. The van der Waals surface area contributed by atoms with Crippen LogP contribution in [0.4, 0.5) is 11.4 Å². The van der Waals surface area contributed by atoms with Gasteiger partial charge in [0.2, 0.25) is 0 Å². The Morgan fingerprint density at radius 1 is 0.400 bits per heavy atom. The number of fused-ring (bicyclic) bond motifs is 3. The molecule has 1 nitrogen and oxygen atoms in total. The molecule has 0 atom stereocenters. The molecule has 0 aliphatic heterocycles. The van der Waals surface area contributed by atoms with Gasteiger partial charge in [-0.2, -0.15) is 0 Å². The summed E-state index contributed by atoms with van der Waals surface area (Å²) < 4.78 is 2.60. The Kier molecular flexibility index (Phi) is 7.19. The molecule has 0 unspecified atom stereocenters. The fourth-order valence-corrected chi connectivity index (χ4v) is 7.60. The van der Waals surface area contributed by atoms with E-state index in [1.807, 2.05) is 11.3 Å². The highest BCUT2D eigenvalue weighted by molar-refractivity contribution is 7.26. The van der Waals surface area contributed by atoms with Gasteiger partial charge in [0, 0.05) is 27.1 Å². The van der Waals surface area contributed by atoms with Gasteiger partial charge in [-0.15, -0.1) is 11.3 Å². The summed E-state index contributed by atoms with van der Waals surface area (Å²) in [4.78, 5) is 0. The van der Waals surface area contributed by atoms with E-state index in [0.717, 1.165) is 11.4 Å². The highest BCUT2D eigenvalue weighted by atomic mass is 32.1. The third-order valence-corrected chi connectivity index (χ3v) is 9.78. The van der Waals surface area contributed by atoms with Gasteiger partial charge < -0.3 is 5.32 Å². The van der Waals surface area contributed by atoms with Crippen molar-refractivity contribution in [2.75, 3.05) is 5.32 Å². The van der Waals surface area contributed by atoms with Gasteiger partial charge in [-0.1, -0.05) is 152 Å².